The number of likely N-dealkylation sites (tertiary alicyclic amines) is 2. The van der Waals surface area contributed by atoms with Crippen LogP contribution in [-0.2, 0) is 27.0 Å². The Hall–Kier alpha value is -2.51. The Morgan fingerprint density at radius 2 is 1.77 bits per heavy atom. The van der Waals surface area contributed by atoms with Crippen molar-refractivity contribution in [1.29, 1.82) is 0 Å². The van der Waals surface area contributed by atoms with Gasteiger partial charge in [-0.2, -0.15) is 0 Å². The van der Waals surface area contributed by atoms with Crippen molar-refractivity contribution in [3.63, 3.8) is 0 Å². The third-order valence-electron chi connectivity index (χ3n) is 9.32. The molecule has 0 radical (unpaired) electrons. The second-order valence-electron chi connectivity index (χ2n) is 13.0. The Bertz CT molecular complexity index is 1370. The molecule has 7 heteroatoms. The largest absolute Gasteiger partial charge is 0.342 e. The molecule has 0 spiro atoms. The monoisotopic (exact) mass is 561 g/mol. The van der Waals surface area contributed by atoms with Crippen LogP contribution < -0.4 is 0 Å². The maximum atomic E-state index is 13.3. The van der Waals surface area contributed by atoms with E-state index in [0.29, 0.717) is 25.4 Å². The molecule has 0 saturated carbocycles. The van der Waals surface area contributed by atoms with E-state index in [0.717, 1.165) is 31.6 Å². The van der Waals surface area contributed by atoms with Crippen molar-refractivity contribution in [3.05, 3.63) is 62.1 Å². The van der Waals surface area contributed by atoms with Crippen molar-refractivity contribution in [2.45, 2.75) is 83.1 Å². The first-order valence-electron chi connectivity index (χ1n) is 14.3. The number of carbonyl (C=O) groups excluding carboxylic acids is 2. The molecular formula is C32H39N3O2S2. The van der Waals surface area contributed by atoms with Gasteiger partial charge in [0.05, 0.1) is 23.2 Å². The zero-order valence-corrected chi connectivity index (χ0v) is 25.2. The number of thiazole rings is 1. The number of amides is 2. The predicted octanol–water partition coefficient (Wildman–Crippen LogP) is 6.98. The number of nitrogens with zero attached hydrogens (tertiary/aromatic N) is 3. The zero-order chi connectivity index (χ0) is 27.4. The first kappa shape index (κ1) is 26.7. The standard InChI is InChI=1S/C32H39N3O2S2/c1-31(2)11-12-32(3,4)26-16-22(7-8-25(26)31)27-20-39-29(33-27)21-9-13-34(14-10-21)30(37)23-17-28(36)35(18-23)19-24-6-5-15-38-24/h5-8,15-16,20-21,23H,9-14,17-19H2,1-4H3. The summed E-state index contributed by atoms with van der Waals surface area (Å²) in [5.41, 5.74) is 5.64. The van der Waals surface area contributed by atoms with E-state index in [1.54, 1.807) is 22.7 Å². The summed E-state index contributed by atoms with van der Waals surface area (Å²) in [6, 6.07) is 11.0. The van der Waals surface area contributed by atoms with E-state index in [1.807, 2.05) is 21.2 Å². The number of fused-ring (bicyclic) bond motifs is 1. The maximum absolute atomic E-state index is 13.3. The van der Waals surface area contributed by atoms with Gasteiger partial charge in [-0.05, 0) is 65.2 Å². The highest BCUT2D eigenvalue weighted by Crippen LogP contribution is 2.47. The van der Waals surface area contributed by atoms with Gasteiger partial charge in [0.1, 0.15) is 0 Å². The zero-order valence-electron chi connectivity index (χ0n) is 23.5. The maximum Gasteiger partial charge on any atom is 0.227 e. The van der Waals surface area contributed by atoms with Crippen LogP contribution in [0.4, 0.5) is 0 Å². The molecule has 1 unspecified atom stereocenters. The number of thiophene rings is 1. The lowest BCUT2D eigenvalue weighted by Crippen LogP contribution is -2.42. The van der Waals surface area contributed by atoms with Crippen molar-refractivity contribution in [2.75, 3.05) is 19.6 Å². The summed E-state index contributed by atoms with van der Waals surface area (Å²) in [6.45, 7) is 12.1. The van der Waals surface area contributed by atoms with Crippen LogP contribution in [0.15, 0.2) is 41.1 Å². The second-order valence-corrected chi connectivity index (χ2v) is 14.9. The third-order valence-corrected chi connectivity index (χ3v) is 11.2. The van der Waals surface area contributed by atoms with Gasteiger partial charge in [0, 0.05) is 47.8 Å². The molecule has 6 rings (SSSR count). The van der Waals surface area contributed by atoms with Crippen LogP contribution in [0.5, 0.6) is 0 Å². The van der Waals surface area contributed by atoms with Gasteiger partial charge in [-0.25, -0.2) is 4.98 Å². The van der Waals surface area contributed by atoms with Crippen LogP contribution in [0.1, 0.15) is 86.7 Å². The molecule has 0 bridgehead atoms. The van der Waals surface area contributed by atoms with Crippen molar-refractivity contribution < 1.29 is 9.59 Å². The fourth-order valence-corrected chi connectivity index (χ4v) is 8.36. The molecule has 4 heterocycles. The molecule has 1 aliphatic carbocycles. The summed E-state index contributed by atoms with van der Waals surface area (Å²) in [7, 11) is 0. The van der Waals surface area contributed by atoms with Gasteiger partial charge in [-0.15, -0.1) is 22.7 Å². The van der Waals surface area contributed by atoms with Gasteiger partial charge in [0.15, 0.2) is 0 Å². The number of benzene rings is 1. The van der Waals surface area contributed by atoms with Gasteiger partial charge in [-0.1, -0.05) is 45.9 Å². The number of rotatable bonds is 5. The van der Waals surface area contributed by atoms with Crippen molar-refractivity contribution >= 4 is 34.5 Å². The minimum absolute atomic E-state index is 0.0982. The summed E-state index contributed by atoms with van der Waals surface area (Å²) >= 11 is 3.42. The van der Waals surface area contributed by atoms with Gasteiger partial charge >= 0.3 is 0 Å². The average molecular weight is 562 g/mol. The van der Waals surface area contributed by atoms with E-state index in [-0.39, 0.29) is 28.6 Å². The fourth-order valence-electron chi connectivity index (χ4n) is 6.64. The van der Waals surface area contributed by atoms with Gasteiger partial charge in [0.2, 0.25) is 11.8 Å². The smallest absolute Gasteiger partial charge is 0.227 e. The molecule has 3 aromatic rings. The van der Waals surface area contributed by atoms with Crippen LogP contribution in [0.2, 0.25) is 0 Å². The second kappa shape index (κ2) is 10.2. The number of aromatic nitrogens is 1. The molecule has 2 fully saturated rings. The number of carbonyl (C=O) groups is 2. The van der Waals surface area contributed by atoms with Crippen LogP contribution in [0.25, 0.3) is 11.3 Å². The Labute approximate surface area is 240 Å². The molecule has 1 aromatic carbocycles. The first-order valence-corrected chi connectivity index (χ1v) is 16.1. The van der Waals surface area contributed by atoms with Crippen LogP contribution in [0.3, 0.4) is 0 Å². The first-order chi connectivity index (χ1) is 18.6. The van der Waals surface area contributed by atoms with E-state index in [1.165, 1.54) is 39.4 Å². The van der Waals surface area contributed by atoms with E-state index in [2.05, 4.69) is 57.3 Å². The van der Waals surface area contributed by atoms with E-state index in [9.17, 15) is 9.59 Å². The van der Waals surface area contributed by atoms with Gasteiger partial charge in [0.25, 0.3) is 0 Å². The lowest BCUT2D eigenvalue weighted by atomic mass is 9.63. The normalized spacial score (nSPS) is 22.8. The molecule has 206 valence electrons. The fraction of sp³-hybridized carbons (Fsp3) is 0.531. The van der Waals surface area contributed by atoms with E-state index >= 15 is 0 Å². The molecule has 1 atom stereocenters. The molecule has 2 saturated heterocycles. The third kappa shape index (κ3) is 5.20. The number of piperidine rings is 1. The van der Waals surface area contributed by atoms with Crippen molar-refractivity contribution in [3.8, 4) is 11.3 Å². The van der Waals surface area contributed by atoms with Crippen molar-refractivity contribution in [1.82, 2.24) is 14.8 Å². The molecule has 2 aromatic heterocycles. The predicted molar refractivity (Wildman–Crippen MR) is 159 cm³/mol. The summed E-state index contributed by atoms with van der Waals surface area (Å²) < 4.78 is 0. The average Bonchev–Trinajstić information content (AvgIpc) is 3.69. The van der Waals surface area contributed by atoms with E-state index in [4.69, 9.17) is 4.98 Å². The number of hydrogen-bond acceptors (Lipinski definition) is 5. The minimum atomic E-state index is -0.210. The van der Waals surface area contributed by atoms with Crippen LogP contribution in [0, 0.1) is 5.92 Å². The minimum Gasteiger partial charge on any atom is -0.342 e. The van der Waals surface area contributed by atoms with Gasteiger partial charge in [-0.3, -0.25) is 9.59 Å². The molecule has 2 aliphatic heterocycles. The molecule has 39 heavy (non-hydrogen) atoms. The lowest BCUT2D eigenvalue weighted by Gasteiger charge is -2.42. The Morgan fingerprint density at radius 1 is 1.03 bits per heavy atom. The molecule has 0 N–H and O–H groups in total. The van der Waals surface area contributed by atoms with E-state index < -0.39 is 0 Å². The molecule has 2 amide bonds. The molecule has 3 aliphatic rings. The molecule has 5 nitrogen and oxygen atoms in total. The summed E-state index contributed by atoms with van der Waals surface area (Å²) in [5.74, 6) is 0.427. The van der Waals surface area contributed by atoms with Gasteiger partial charge < -0.3 is 9.80 Å². The van der Waals surface area contributed by atoms with Crippen molar-refractivity contribution in [2.24, 2.45) is 5.92 Å². The highest BCUT2D eigenvalue weighted by atomic mass is 32.1. The quantitative estimate of drug-likeness (QED) is 0.338. The van der Waals surface area contributed by atoms with Crippen LogP contribution >= 0.6 is 22.7 Å². The Balaban J connectivity index is 1.08. The lowest BCUT2D eigenvalue weighted by molar-refractivity contribution is -0.136. The number of hydrogen-bond donors (Lipinski definition) is 0. The summed E-state index contributed by atoms with van der Waals surface area (Å²) in [6.07, 6.45) is 4.64. The Kier molecular flexibility index (Phi) is 6.95. The highest BCUT2D eigenvalue weighted by molar-refractivity contribution is 7.10. The SMILES string of the molecule is CC1(C)CCC(C)(C)c2cc(-c3csc(C4CCN(C(=O)C5CC(=O)N(Cc6cccs6)C5)CC4)n3)ccc21. The highest BCUT2D eigenvalue weighted by Gasteiger charge is 2.39. The van der Waals surface area contributed by atoms with Crippen LogP contribution in [-0.4, -0.2) is 46.2 Å². The Morgan fingerprint density at radius 3 is 2.49 bits per heavy atom. The summed E-state index contributed by atoms with van der Waals surface area (Å²) in [5, 5.41) is 5.43. The topological polar surface area (TPSA) is 53.5 Å². The molecular weight excluding hydrogens is 523 g/mol. The summed E-state index contributed by atoms with van der Waals surface area (Å²) in [4.78, 5) is 35.9.